The molecule has 0 aromatic heterocycles. The summed E-state index contributed by atoms with van der Waals surface area (Å²) in [6.45, 7) is 5.63. The molecule has 0 aliphatic carbocycles. The summed E-state index contributed by atoms with van der Waals surface area (Å²) < 4.78 is 5.34. The monoisotopic (exact) mass is 188 g/mol. The van der Waals surface area contributed by atoms with Gasteiger partial charge < -0.3 is 9.84 Å². The Bertz CT molecular complexity index is 134. The third-order valence-corrected chi connectivity index (χ3v) is 1.86. The summed E-state index contributed by atoms with van der Waals surface area (Å²) in [6.07, 6.45) is 3.19. The molecule has 0 saturated carbocycles. The molecule has 0 aromatic rings. The van der Waals surface area contributed by atoms with Crippen LogP contribution in [0.1, 0.15) is 39.5 Å². The zero-order valence-electron chi connectivity index (χ0n) is 8.58. The van der Waals surface area contributed by atoms with Gasteiger partial charge in [-0.2, -0.15) is 0 Å². The molecule has 0 rings (SSSR count). The van der Waals surface area contributed by atoms with Gasteiger partial charge in [-0.15, -0.1) is 0 Å². The fourth-order valence-electron chi connectivity index (χ4n) is 1.19. The second kappa shape index (κ2) is 8.05. The van der Waals surface area contributed by atoms with E-state index in [1.165, 1.54) is 12.8 Å². The van der Waals surface area contributed by atoms with E-state index in [0.717, 1.165) is 6.61 Å². The highest BCUT2D eigenvalue weighted by atomic mass is 16.5. The number of carboxylic acid groups (broad SMARTS) is 1. The van der Waals surface area contributed by atoms with Gasteiger partial charge in [-0.3, -0.25) is 4.79 Å². The Morgan fingerprint density at radius 2 is 2.23 bits per heavy atom. The maximum Gasteiger partial charge on any atom is 0.303 e. The van der Waals surface area contributed by atoms with E-state index in [0.29, 0.717) is 18.9 Å². The first-order chi connectivity index (χ1) is 6.16. The standard InChI is InChI=1S/C10H20O3/c1-3-5-9(2)8-13-7-4-6-10(11)12/h9H,3-8H2,1-2H3,(H,11,12). The maximum atomic E-state index is 10.1. The molecule has 1 N–H and O–H groups in total. The van der Waals surface area contributed by atoms with Gasteiger partial charge in [0, 0.05) is 19.6 Å². The van der Waals surface area contributed by atoms with Crippen LogP contribution in [0, 0.1) is 5.92 Å². The number of rotatable bonds is 8. The highest BCUT2D eigenvalue weighted by molar-refractivity contribution is 5.66. The summed E-state index contributed by atoms with van der Waals surface area (Å²) in [5, 5.41) is 8.35. The zero-order chi connectivity index (χ0) is 10.1. The van der Waals surface area contributed by atoms with E-state index in [2.05, 4.69) is 13.8 Å². The number of hydrogen-bond acceptors (Lipinski definition) is 2. The summed E-state index contributed by atoms with van der Waals surface area (Å²) in [6, 6.07) is 0. The van der Waals surface area contributed by atoms with Gasteiger partial charge in [0.1, 0.15) is 0 Å². The fraction of sp³-hybridized carbons (Fsp3) is 0.900. The first kappa shape index (κ1) is 12.4. The summed E-state index contributed by atoms with van der Waals surface area (Å²) in [5.41, 5.74) is 0. The van der Waals surface area contributed by atoms with Crippen molar-refractivity contribution in [3.63, 3.8) is 0 Å². The minimum atomic E-state index is -0.745. The van der Waals surface area contributed by atoms with Gasteiger partial charge in [-0.25, -0.2) is 0 Å². The second-order valence-electron chi connectivity index (χ2n) is 3.47. The topological polar surface area (TPSA) is 46.5 Å². The molecule has 78 valence electrons. The van der Waals surface area contributed by atoms with E-state index < -0.39 is 5.97 Å². The van der Waals surface area contributed by atoms with Crippen molar-refractivity contribution >= 4 is 5.97 Å². The molecule has 0 spiro atoms. The normalized spacial score (nSPS) is 12.8. The Morgan fingerprint density at radius 3 is 2.77 bits per heavy atom. The smallest absolute Gasteiger partial charge is 0.303 e. The van der Waals surface area contributed by atoms with Crippen LogP contribution >= 0.6 is 0 Å². The first-order valence-corrected chi connectivity index (χ1v) is 4.96. The molecule has 0 radical (unpaired) electrons. The van der Waals surface area contributed by atoms with Crippen LogP contribution in [-0.4, -0.2) is 24.3 Å². The zero-order valence-corrected chi connectivity index (χ0v) is 8.58. The minimum Gasteiger partial charge on any atom is -0.481 e. The van der Waals surface area contributed by atoms with Crippen LogP contribution in [0.4, 0.5) is 0 Å². The highest BCUT2D eigenvalue weighted by Gasteiger charge is 2.01. The fourth-order valence-corrected chi connectivity index (χ4v) is 1.19. The largest absolute Gasteiger partial charge is 0.481 e. The van der Waals surface area contributed by atoms with Gasteiger partial charge in [-0.1, -0.05) is 20.3 Å². The predicted molar refractivity (Wildman–Crippen MR) is 51.8 cm³/mol. The SMILES string of the molecule is CCCC(C)COCCCC(=O)O. The number of carboxylic acids is 1. The number of aliphatic carboxylic acids is 1. The van der Waals surface area contributed by atoms with Crippen LogP contribution in [0.15, 0.2) is 0 Å². The van der Waals surface area contributed by atoms with E-state index in [-0.39, 0.29) is 6.42 Å². The van der Waals surface area contributed by atoms with Crippen molar-refractivity contribution in [1.82, 2.24) is 0 Å². The van der Waals surface area contributed by atoms with Crippen LogP contribution in [-0.2, 0) is 9.53 Å². The van der Waals surface area contributed by atoms with E-state index in [4.69, 9.17) is 9.84 Å². The minimum absolute atomic E-state index is 0.210. The molecule has 0 fully saturated rings. The molecule has 0 aliphatic rings. The van der Waals surface area contributed by atoms with Gasteiger partial charge in [-0.05, 0) is 18.8 Å². The van der Waals surface area contributed by atoms with Crippen molar-refractivity contribution in [2.75, 3.05) is 13.2 Å². The van der Waals surface area contributed by atoms with E-state index >= 15 is 0 Å². The lowest BCUT2D eigenvalue weighted by atomic mass is 10.1. The predicted octanol–water partition coefficient (Wildman–Crippen LogP) is 2.30. The van der Waals surface area contributed by atoms with Gasteiger partial charge in [0.25, 0.3) is 0 Å². The lowest BCUT2D eigenvalue weighted by molar-refractivity contribution is -0.137. The molecule has 0 aromatic carbocycles. The van der Waals surface area contributed by atoms with Gasteiger partial charge in [0.05, 0.1) is 0 Å². The molecule has 0 bridgehead atoms. The quantitative estimate of drug-likeness (QED) is 0.594. The van der Waals surface area contributed by atoms with Gasteiger partial charge in [0.2, 0.25) is 0 Å². The van der Waals surface area contributed by atoms with Crippen molar-refractivity contribution in [1.29, 1.82) is 0 Å². The molecule has 0 saturated heterocycles. The van der Waals surface area contributed by atoms with Crippen molar-refractivity contribution in [3.8, 4) is 0 Å². The van der Waals surface area contributed by atoms with Crippen molar-refractivity contribution in [2.24, 2.45) is 5.92 Å². The van der Waals surface area contributed by atoms with Crippen molar-refractivity contribution < 1.29 is 14.6 Å². The molecule has 0 amide bonds. The average molecular weight is 188 g/mol. The summed E-state index contributed by atoms with van der Waals surface area (Å²) >= 11 is 0. The average Bonchev–Trinajstić information content (AvgIpc) is 2.03. The lowest BCUT2D eigenvalue weighted by Gasteiger charge is -2.09. The Hall–Kier alpha value is -0.570. The molecule has 13 heavy (non-hydrogen) atoms. The summed E-state index contributed by atoms with van der Waals surface area (Å²) in [4.78, 5) is 10.1. The molecule has 1 atom stereocenters. The van der Waals surface area contributed by atoms with Crippen LogP contribution < -0.4 is 0 Å². The molecular formula is C10H20O3. The van der Waals surface area contributed by atoms with Crippen molar-refractivity contribution in [2.45, 2.75) is 39.5 Å². The Kier molecular flexibility index (Phi) is 7.69. The third kappa shape index (κ3) is 9.34. The molecular weight excluding hydrogens is 168 g/mol. The third-order valence-electron chi connectivity index (χ3n) is 1.86. The molecule has 0 aliphatic heterocycles. The highest BCUT2D eigenvalue weighted by Crippen LogP contribution is 2.05. The molecule has 0 heterocycles. The number of hydrogen-bond donors (Lipinski definition) is 1. The lowest BCUT2D eigenvalue weighted by Crippen LogP contribution is -2.07. The molecule has 1 unspecified atom stereocenters. The van der Waals surface area contributed by atoms with Crippen molar-refractivity contribution in [3.05, 3.63) is 0 Å². The molecule has 3 heteroatoms. The molecule has 3 nitrogen and oxygen atoms in total. The number of ether oxygens (including phenoxy) is 1. The Balaban J connectivity index is 3.11. The Morgan fingerprint density at radius 1 is 1.54 bits per heavy atom. The van der Waals surface area contributed by atoms with Crippen LogP contribution in [0.3, 0.4) is 0 Å². The summed E-state index contributed by atoms with van der Waals surface area (Å²) in [5.74, 6) is -0.153. The van der Waals surface area contributed by atoms with E-state index in [1.54, 1.807) is 0 Å². The van der Waals surface area contributed by atoms with Gasteiger partial charge in [0.15, 0.2) is 0 Å². The Labute approximate surface area is 80.1 Å². The maximum absolute atomic E-state index is 10.1. The van der Waals surface area contributed by atoms with Crippen LogP contribution in [0.5, 0.6) is 0 Å². The van der Waals surface area contributed by atoms with E-state index in [9.17, 15) is 4.79 Å². The van der Waals surface area contributed by atoms with Gasteiger partial charge >= 0.3 is 5.97 Å². The van der Waals surface area contributed by atoms with Crippen LogP contribution in [0.25, 0.3) is 0 Å². The second-order valence-corrected chi connectivity index (χ2v) is 3.47. The first-order valence-electron chi connectivity index (χ1n) is 4.96. The summed E-state index contributed by atoms with van der Waals surface area (Å²) in [7, 11) is 0. The van der Waals surface area contributed by atoms with Crippen LogP contribution in [0.2, 0.25) is 0 Å². The number of carbonyl (C=O) groups is 1. The van der Waals surface area contributed by atoms with E-state index in [1.807, 2.05) is 0 Å².